The highest BCUT2D eigenvalue weighted by molar-refractivity contribution is 4.83. The molecule has 8 heavy (non-hydrogen) atoms. The number of hydrogen-bond acceptors (Lipinski definition) is 2. The van der Waals surface area contributed by atoms with Crippen molar-refractivity contribution in [1.82, 2.24) is 0 Å². The van der Waals surface area contributed by atoms with E-state index >= 15 is 0 Å². The average Bonchev–Trinajstić information content (AvgIpc) is 1.86. The van der Waals surface area contributed by atoms with E-state index in [9.17, 15) is 5.11 Å². The lowest BCUT2D eigenvalue weighted by Crippen LogP contribution is -2.30. The predicted molar refractivity (Wildman–Crippen MR) is 30.6 cm³/mol. The second-order valence-corrected chi connectivity index (χ2v) is 2.77. The highest BCUT2D eigenvalue weighted by Crippen LogP contribution is 2.23. The molecule has 1 aliphatic rings. The molecule has 48 valence electrons. The number of hydrogen-bond donors (Lipinski definition) is 1. The van der Waals surface area contributed by atoms with Crippen molar-refractivity contribution in [2.75, 3.05) is 13.2 Å². The molecule has 0 radical (unpaired) electrons. The van der Waals surface area contributed by atoms with Gasteiger partial charge in [-0.1, -0.05) is 6.92 Å². The van der Waals surface area contributed by atoms with E-state index in [0.29, 0.717) is 19.1 Å². The van der Waals surface area contributed by atoms with Crippen LogP contribution in [0.15, 0.2) is 0 Å². The zero-order valence-electron chi connectivity index (χ0n) is 5.35. The highest BCUT2D eigenvalue weighted by Gasteiger charge is 2.34. The van der Waals surface area contributed by atoms with Crippen molar-refractivity contribution in [3.8, 4) is 0 Å². The van der Waals surface area contributed by atoms with Gasteiger partial charge in [-0.2, -0.15) is 0 Å². The molecule has 0 unspecified atom stereocenters. The third kappa shape index (κ3) is 0.858. The summed E-state index contributed by atoms with van der Waals surface area (Å²) in [6.07, 6.45) is 0. The van der Waals surface area contributed by atoms with E-state index < -0.39 is 5.60 Å². The fourth-order valence-corrected chi connectivity index (χ4v) is 0.764. The Morgan fingerprint density at radius 3 is 2.50 bits per heavy atom. The molecule has 1 N–H and O–H groups in total. The van der Waals surface area contributed by atoms with Gasteiger partial charge in [-0.25, -0.2) is 0 Å². The van der Waals surface area contributed by atoms with Crippen molar-refractivity contribution in [2.45, 2.75) is 19.4 Å². The smallest absolute Gasteiger partial charge is 0.0899 e. The third-order valence-electron chi connectivity index (χ3n) is 1.82. The molecule has 1 fully saturated rings. The van der Waals surface area contributed by atoms with Crippen LogP contribution in [0.3, 0.4) is 0 Å². The van der Waals surface area contributed by atoms with Gasteiger partial charge in [0.15, 0.2) is 0 Å². The van der Waals surface area contributed by atoms with Crippen LogP contribution in [0, 0.1) is 5.92 Å². The van der Waals surface area contributed by atoms with Gasteiger partial charge in [0.1, 0.15) is 0 Å². The van der Waals surface area contributed by atoms with Gasteiger partial charge in [0.25, 0.3) is 0 Å². The van der Waals surface area contributed by atoms with Crippen molar-refractivity contribution in [3.05, 3.63) is 0 Å². The van der Waals surface area contributed by atoms with Gasteiger partial charge in [-0.15, -0.1) is 0 Å². The van der Waals surface area contributed by atoms with Crippen LogP contribution < -0.4 is 0 Å². The number of rotatable bonds is 0. The van der Waals surface area contributed by atoms with Crippen LogP contribution >= 0.6 is 0 Å². The molecule has 0 spiro atoms. The van der Waals surface area contributed by atoms with Gasteiger partial charge in [0, 0.05) is 5.92 Å². The molecule has 0 aromatic carbocycles. The van der Waals surface area contributed by atoms with Gasteiger partial charge in [0.05, 0.1) is 18.8 Å². The maximum absolute atomic E-state index is 9.34. The Labute approximate surface area is 49.5 Å². The molecule has 0 saturated carbocycles. The minimum atomic E-state index is -0.569. The molecule has 1 heterocycles. The Kier molecular flexibility index (Phi) is 1.29. The van der Waals surface area contributed by atoms with E-state index in [-0.39, 0.29) is 0 Å². The van der Waals surface area contributed by atoms with Gasteiger partial charge < -0.3 is 9.84 Å². The molecular formula is C6H12O2. The summed E-state index contributed by atoms with van der Waals surface area (Å²) in [5.74, 6) is 0.294. The minimum absolute atomic E-state index is 0.294. The second kappa shape index (κ2) is 1.71. The van der Waals surface area contributed by atoms with Crippen LogP contribution in [0.2, 0.25) is 0 Å². The van der Waals surface area contributed by atoms with Crippen LogP contribution in [0.1, 0.15) is 13.8 Å². The average molecular weight is 116 g/mol. The molecule has 0 aromatic heterocycles. The third-order valence-corrected chi connectivity index (χ3v) is 1.82. The quantitative estimate of drug-likeness (QED) is 0.496. The van der Waals surface area contributed by atoms with Crippen molar-refractivity contribution in [2.24, 2.45) is 5.92 Å². The van der Waals surface area contributed by atoms with Gasteiger partial charge in [-0.3, -0.25) is 0 Å². The fourth-order valence-electron chi connectivity index (χ4n) is 0.764. The molecule has 2 nitrogen and oxygen atoms in total. The zero-order chi connectivity index (χ0) is 6.20. The monoisotopic (exact) mass is 116 g/mol. The fraction of sp³-hybridized carbons (Fsp3) is 1.00. The van der Waals surface area contributed by atoms with E-state index in [0.717, 1.165) is 0 Å². The molecule has 1 rings (SSSR count). The summed E-state index contributed by atoms with van der Waals surface area (Å²) in [6.45, 7) is 5.00. The minimum Gasteiger partial charge on any atom is -0.387 e. The van der Waals surface area contributed by atoms with E-state index in [1.165, 1.54) is 0 Å². The summed E-state index contributed by atoms with van der Waals surface area (Å²) >= 11 is 0. The zero-order valence-corrected chi connectivity index (χ0v) is 5.35. The lowest BCUT2D eigenvalue weighted by molar-refractivity contribution is 0.0233. The maximum Gasteiger partial charge on any atom is 0.0899 e. The number of aliphatic hydroxyl groups is 1. The first-order valence-electron chi connectivity index (χ1n) is 2.93. The van der Waals surface area contributed by atoms with Crippen molar-refractivity contribution in [1.29, 1.82) is 0 Å². The Bertz CT molecular complexity index is 88.5. The normalized spacial score (nSPS) is 47.6. The molecule has 1 saturated heterocycles. The van der Waals surface area contributed by atoms with E-state index in [1.807, 2.05) is 13.8 Å². The molecule has 0 bridgehead atoms. The SMILES string of the molecule is C[C@H]1COC[C@@]1(C)O. The molecule has 0 aromatic rings. The van der Waals surface area contributed by atoms with E-state index in [2.05, 4.69) is 0 Å². The van der Waals surface area contributed by atoms with Crippen LogP contribution in [0.5, 0.6) is 0 Å². The maximum atomic E-state index is 9.34. The largest absolute Gasteiger partial charge is 0.387 e. The highest BCUT2D eigenvalue weighted by atomic mass is 16.5. The van der Waals surface area contributed by atoms with Crippen LogP contribution in [0.25, 0.3) is 0 Å². The Morgan fingerprint density at radius 2 is 2.38 bits per heavy atom. The summed E-state index contributed by atoms with van der Waals surface area (Å²) in [6, 6.07) is 0. The van der Waals surface area contributed by atoms with Gasteiger partial charge in [0.2, 0.25) is 0 Å². The predicted octanol–water partition coefficient (Wildman–Crippen LogP) is 0.404. The topological polar surface area (TPSA) is 29.5 Å². The van der Waals surface area contributed by atoms with Crippen molar-refractivity contribution < 1.29 is 9.84 Å². The van der Waals surface area contributed by atoms with Gasteiger partial charge >= 0.3 is 0 Å². The van der Waals surface area contributed by atoms with Crippen LogP contribution in [0.4, 0.5) is 0 Å². The summed E-state index contributed by atoms with van der Waals surface area (Å²) in [5, 5.41) is 9.34. The van der Waals surface area contributed by atoms with E-state index in [1.54, 1.807) is 0 Å². The molecule has 0 aliphatic carbocycles. The van der Waals surface area contributed by atoms with Crippen molar-refractivity contribution in [3.63, 3.8) is 0 Å². The Balaban J connectivity index is 2.54. The molecule has 1 aliphatic heterocycles. The number of ether oxygens (including phenoxy) is 1. The summed E-state index contributed by atoms with van der Waals surface area (Å²) in [5.41, 5.74) is -0.569. The first-order chi connectivity index (χ1) is 3.63. The molecule has 2 heteroatoms. The molecular weight excluding hydrogens is 104 g/mol. The Morgan fingerprint density at radius 1 is 1.75 bits per heavy atom. The lowest BCUT2D eigenvalue weighted by Gasteiger charge is -2.18. The first-order valence-corrected chi connectivity index (χ1v) is 2.93. The second-order valence-electron chi connectivity index (χ2n) is 2.77. The van der Waals surface area contributed by atoms with Gasteiger partial charge in [-0.05, 0) is 6.92 Å². The molecule has 2 atom stereocenters. The molecule has 0 amide bonds. The van der Waals surface area contributed by atoms with E-state index in [4.69, 9.17) is 4.74 Å². The summed E-state index contributed by atoms with van der Waals surface area (Å²) in [4.78, 5) is 0. The summed E-state index contributed by atoms with van der Waals surface area (Å²) < 4.78 is 5.02. The van der Waals surface area contributed by atoms with Crippen LogP contribution in [-0.2, 0) is 4.74 Å². The summed E-state index contributed by atoms with van der Waals surface area (Å²) in [7, 11) is 0. The first kappa shape index (κ1) is 6.05. The van der Waals surface area contributed by atoms with Crippen LogP contribution in [-0.4, -0.2) is 23.9 Å². The lowest BCUT2D eigenvalue weighted by atomic mass is 9.95. The Hall–Kier alpha value is -0.0800. The standard InChI is InChI=1S/C6H12O2/c1-5-3-8-4-6(5,2)7/h5,7H,3-4H2,1-2H3/t5-,6+/m0/s1. The van der Waals surface area contributed by atoms with Crippen molar-refractivity contribution >= 4 is 0 Å².